The number of guanidine groups is 1. The molecule has 0 aliphatic carbocycles. The molecule has 136 valence electrons. The highest BCUT2D eigenvalue weighted by Gasteiger charge is 2.34. The fourth-order valence-electron chi connectivity index (χ4n) is 3.33. The van der Waals surface area contributed by atoms with Crippen LogP contribution in [-0.2, 0) is 10.0 Å². The van der Waals surface area contributed by atoms with Crippen LogP contribution in [0.3, 0.4) is 0 Å². The molecule has 0 aromatic carbocycles. The molecular weight excluding hydrogens is 427 g/mol. The predicted octanol–water partition coefficient (Wildman–Crippen LogP) is 1.58. The van der Waals surface area contributed by atoms with Gasteiger partial charge in [0.15, 0.2) is 5.96 Å². The first-order valence-electron chi connectivity index (χ1n) is 8.18. The number of nitrogens with one attached hydrogen (secondary N) is 1. The van der Waals surface area contributed by atoms with E-state index in [1.54, 1.807) is 4.31 Å². The lowest BCUT2D eigenvalue weighted by molar-refractivity contribution is 0.321. The van der Waals surface area contributed by atoms with Gasteiger partial charge in [-0.2, -0.15) is 0 Å². The minimum atomic E-state index is -3.05. The molecule has 0 spiro atoms. The Hall–Kier alpha value is -0.0900. The van der Waals surface area contributed by atoms with Crippen LogP contribution in [0.25, 0.3) is 0 Å². The molecule has 2 saturated heterocycles. The minimum Gasteiger partial charge on any atom is -0.356 e. The number of nitrogens with zero attached hydrogens (tertiary/aromatic N) is 3. The highest BCUT2D eigenvalue weighted by Crippen LogP contribution is 2.32. The summed E-state index contributed by atoms with van der Waals surface area (Å²) < 4.78 is 24.7. The van der Waals surface area contributed by atoms with Gasteiger partial charge in [-0.3, -0.25) is 4.99 Å². The van der Waals surface area contributed by atoms with Crippen LogP contribution in [0, 0.1) is 11.3 Å². The van der Waals surface area contributed by atoms with Gasteiger partial charge < -0.3 is 10.2 Å². The molecule has 23 heavy (non-hydrogen) atoms. The molecule has 0 aromatic heterocycles. The number of halogens is 1. The van der Waals surface area contributed by atoms with E-state index in [9.17, 15) is 8.42 Å². The number of hydrogen-bond donors (Lipinski definition) is 1. The summed E-state index contributed by atoms with van der Waals surface area (Å²) in [7, 11) is -1.23. The number of likely N-dealkylation sites (tertiary alicyclic amines) is 1. The maximum absolute atomic E-state index is 11.6. The van der Waals surface area contributed by atoms with Crippen LogP contribution in [0.1, 0.15) is 33.1 Å². The standard InChI is InChI=1S/C15H30N4O2S.HI/c1-5-15(2)7-9-18(12-15)14(16-3)17-10-13-6-8-19(11-13)22(4,20)21;/h13H,5-12H2,1-4H3,(H,16,17);1H. The molecule has 2 unspecified atom stereocenters. The fourth-order valence-corrected chi connectivity index (χ4v) is 4.24. The van der Waals surface area contributed by atoms with Crippen molar-refractivity contribution in [2.45, 2.75) is 33.1 Å². The van der Waals surface area contributed by atoms with Crippen LogP contribution in [0.5, 0.6) is 0 Å². The van der Waals surface area contributed by atoms with Crippen LogP contribution in [0.4, 0.5) is 0 Å². The minimum absolute atomic E-state index is 0. The molecule has 0 radical (unpaired) electrons. The smallest absolute Gasteiger partial charge is 0.211 e. The normalized spacial score (nSPS) is 29.7. The van der Waals surface area contributed by atoms with Gasteiger partial charge in [-0.15, -0.1) is 24.0 Å². The third kappa shape index (κ3) is 5.45. The van der Waals surface area contributed by atoms with E-state index in [0.29, 0.717) is 24.4 Å². The van der Waals surface area contributed by atoms with Gasteiger partial charge in [0.05, 0.1) is 6.26 Å². The van der Waals surface area contributed by atoms with Gasteiger partial charge in [0.1, 0.15) is 0 Å². The van der Waals surface area contributed by atoms with Crippen LogP contribution in [-0.4, -0.2) is 69.6 Å². The van der Waals surface area contributed by atoms with E-state index in [1.165, 1.54) is 19.1 Å². The molecule has 2 heterocycles. The van der Waals surface area contributed by atoms with E-state index in [0.717, 1.165) is 32.0 Å². The number of aliphatic imine (C=N–C) groups is 1. The van der Waals surface area contributed by atoms with Crippen LogP contribution >= 0.6 is 24.0 Å². The van der Waals surface area contributed by atoms with Crippen molar-refractivity contribution in [3.8, 4) is 0 Å². The van der Waals surface area contributed by atoms with Crippen molar-refractivity contribution >= 4 is 40.0 Å². The van der Waals surface area contributed by atoms with E-state index in [1.807, 2.05) is 7.05 Å². The summed E-state index contributed by atoms with van der Waals surface area (Å²) >= 11 is 0. The van der Waals surface area contributed by atoms with Crippen molar-refractivity contribution in [2.24, 2.45) is 16.3 Å². The molecule has 0 amide bonds. The highest BCUT2D eigenvalue weighted by molar-refractivity contribution is 14.0. The SMILES string of the molecule is CCC1(C)CCN(C(=NC)NCC2CCN(S(C)(=O)=O)C2)C1.I. The molecule has 2 fully saturated rings. The third-order valence-corrected chi connectivity index (χ3v) is 6.46. The first-order chi connectivity index (χ1) is 10.3. The zero-order chi connectivity index (χ0) is 16.4. The molecule has 0 aromatic rings. The summed E-state index contributed by atoms with van der Waals surface area (Å²) in [5, 5.41) is 3.44. The van der Waals surface area contributed by atoms with Crippen molar-refractivity contribution in [3.63, 3.8) is 0 Å². The monoisotopic (exact) mass is 458 g/mol. The molecule has 0 bridgehead atoms. The Kier molecular flexibility index (Phi) is 7.59. The van der Waals surface area contributed by atoms with E-state index in [4.69, 9.17) is 0 Å². The second-order valence-electron chi connectivity index (χ2n) is 7.04. The van der Waals surface area contributed by atoms with E-state index >= 15 is 0 Å². The van der Waals surface area contributed by atoms with Gasteiger partial charge in [-0.1, -0.05) is 13.8 Å². The summed E-state index contributed by atoms with van der Waals surface area (Å²) in [6.07, 6.45) is 4.60. The molecule has 8 heteroatoms. The summed E-state index contributed by atoms with van der Waals surface area (Å²) in [5.41, 5.74) is 0.387. The summed E-state index contributed by atoms with van der Waals surface area (Å²) in [6.45, 7) is 8.72. The van der Waals surface area contributed by atoms with Gasteiger partial charge in [-0.05, 0) is 30.6 Å². The first kappa shape index (κ1) is 21.0. The van der Waals surface area contributed by atoms with Gasteiger partial charge >= 0.3 is 0 Å². The molecule has 1 N–H and O–H groups in total. The molecule has 2 atom stereocenters. The first-order valence-corrected chi connectivity index (χ1v) is 10.0. The van der Waals surface area contributed by atoms with Gasteiger partial charge in [0.25, 0.3) is 0 Å². The summed E-state index contributed by atoms with van der Waals surface area (Å²) in [5.74, 6) is 1.32. The quantitative estimate of drug-likeness (QED) is 0.395. The van der Waals surface area contributed by atoms with Gasteiger partial charge in [0.2, 0.25) is 10.0 Å². The van der Waals surface area contributed by atoms with Crippen molar-refractivity contribution in [1.82, 2.24) is 14.5 Å². The zero-order valence-electron chi connectivity index (χ0n) is 14.7. The number of sulfonamides is 1. The molecule has 2 rings (SSSR count). The lowest BCUT2D eigenvalue weighted by Gasteiger charge is -2.26. The van der Waals surface area contributed by atoms with Crippen molar-refractivity contribution in [1.29, 1.82) is 0 Å². The topological polar surface area (TPSA) is 65.0 Å². The highest BCUT2D eigenvalue weighted by atomic mass is 127. The maximum atomic E-state index is 11.6. The average Bonchev–Trinajstić information content (AvgIpc) is 3.07. The third-order valence-electron chi connectivity index (χ3n) is 5.19. The Balaban J connectivity index is 0.00000264. The summed E-state index contributed by atoms with van der Waals surface area (Å²) in [6, 6.07) is 0. The second kappa shape index (κ2) is 8.33. The van der Waals surface area contributed by atoms with Crippen molar-refractivity contribution < 1.29 is 8.42 Å². The Morgan fingerprint density at radius 3 is 2.57 bits per heavy atom. The Morgan fingerprint density at radius 2 is 2.09 bits per heavy atom. The lowest BCUT2D eigenvalue weighted by Crippen LogP contribution is -2.43. The summed E-state index contributed by atoms with van der Waals surface area (Å²) in [4.78, 5) is 6.72. The van der Waals surface area contributed by atoms with Crippen molar-refractivity contribution in [2.75, 3.05) is 46.0 Å². The number of hydrogen-bond acceptors (Lipinski definition) is 3. The predicted molar refractivity (Wildman–Crippen MR) is 106 cm³/mol. The molecule has 6 nitrogen and oxygen atoms in total. The van der Waals surface area contributed by atoms with E-state index in [2.05, 4.69) is 29.1 Å². The van der Waals surface area contributed by atoms with Gasteiger partial charge in [-0.25, -0.2) is 12.7 Å². The maximum Gasteiger partial charge on any atom is 0.211 e. The number of rotatable bonds is 4. The van der Waals surface area contributed by atoms with Crippen LogP contribution < -0.4 is 5.32 Å². The van der Waals surface area contributed by atoms with Crippen LogP contribution in [0.2, 0.25) is 0 Å². The zero-order valence-corrected chi connectivity index (χ0v) is 17.9. The Morgan fingerprint density at radius 1 is 1.39 bits per heavy atom. The Bertz CT molecular complexity index is 526. The van der Waals surface area contributed by atoms with Crippen molar-refractivity contribution in [3.05, 3.63) is 0 Å². The molecule has 2 aliphatic heterocycles. The Labute approximate surface area is 158 Å². The van der Waals surface area contributed by atoms with E-state index in [-0.39, 0.29) is 24.0 Å². The second-order valence-corrected chi connectivity index (χ2v) is 9.02. The van der Waals surface area contributed by atoms with Gasteiger partial charge in [0, 0.05) is 39.8 Å². The molecule has 0 saturated carbocycles. The molecule has 2 aliphatic rings. The largest absolute Gasteiger partial charge is 0.356 e. The van der Waals surface area contributed by atoms with E-state index < -0.39 is 10.0 Å². The molecular formula is C15H31IN4O2S. The average molecular weight is 458 g/mol. The lowest BCUT2D eigenvalue weighted by atomic mass is 9.87. The fraction of sp³-hybridized carbons (Fsp3) is 0.933. The van der Waals surface area contributed by atoms with Crippen LogP contribution in [0.15, 0.2) is 4.99 Å².